The zero-order chi connectivity index (χ0) is 11.3. The number of hydrogen-bond donors (Lipinski definition) is 1. The van der Waals surface area contributed by atoms with Gasteiger partial charge in [-0.3, -0.25) is 0 Å². The van der Waals surface area contributed by atoms with Crippen LogP contribution in [0.3, 0.4) is 0 Å². The Morgan fingerprint density at radius 2 is 2.07 bits per heavy atom. The first kappa shape index (κ1) is 12.6. The van der Waals surface area contributed by atoms with Crippen LogP contribution in [0.5, 0.6) is 0 Å². The van der Waals surface area contributed by atoms with Gasteiger partial charge in [-0.25, -0.2) is 4.39 Å². The highest BCUT2D eigenvalue weighted by Gasteiger charge is 2.15. The van der Waals surface area contributed by atoms with Crippen molar-refractivity contribution in [2.45, 2.75) is 12.8 Å². The summed E-state index contributed by atoms with van der Waals surface area (Å²) in [6, 6.07) is 6.95. The molecular weight excluding hydrogens is 232 g/mol. The molecule has 1 N–H and O–H groups in total. The number of rotatable bonds is 5. The monoisotopic (exact) mass is 247 g/mol. The molecule has 2 unspecified atom stereocenters. The van der Waals surface area contributed by atoms with Crippen LogP contribution in [0.4, 0.5) is 10.1 Å². The Labute approximate surface area is 94.6 Å². The SMILES string of the molecule is CC[PH](=O)C(F)c1ccc(NSC)cc1. The molecule has 0 heterocycles. The van der Waals surface area contributed by atoms with Gasteiger partial charge in [0.25, 0.3) is 0 Å². The maximum Gasteiger partial charge on any atom is 0.175 e. The molecule has 0 aliphatic heterocycles. The van der Waals surface area contributed by atoms with Gasteiger partial charge < -0.3 is 9.29 Å². The third-order valence-electron chi connectivity index (χ3n) is 2.05. The van der Waals surface area contributed by atoms with E-state index < -0.39 is 13.7 Å². The second-order valence-corrected chi connectivity index (χ2v) is 5.87. The van der Waals surface area contributed by atoms with E-state index in [1.807, 2.05) is 6.26 Å². The molecule has 0 radical (unpaired) electrons. The van der Waals surface area contributed by atoms with Gasteiger partial charge in [-0.05, 0) is 23.9 Å². The molecule has 0 aliphatic carbocycles. The number of anilines is 1. The Hall–Kier alpha value is -0.470. The van der Waals surface area contributed by atoms with Crippen LogP contribution in [0.15, 0.2) is 24.3 Å². The lowest BCUT2D eigenvalue weighted by atomic mass is 10.2. The normalized spacial score (nSPS) is 14.6. The molecule has 0 saturated heterocycles. The summed E-state index contributed by atoms with van der Waals surface area (Å²) in [5, 5.41) is 0. The van der Waals surface area contributed by atoms with Crippen molar-refractivity contribution >= 4 is 25.4 Å². The Bertz CT molecular complexity index is 331. The summed E-state index contributed by atoms with van der Waals surface area (Å²) in [5.74, 6) is -1.30. The molecule has 0 amide bonds. The average Bonchev–Trinajstić information content (AvgIpc) is 2.28. The first-order valence-corrected chi connectivity index (χ1v) is 7.66. The smallest absolute Gasteiger partial charge is 0.175 e. The van der Waals surface area contributed by atoms with Crippen LogP contribution in [-0.2, 0) is 4.57 Å². The first-order valence-electron chi connectivity index (χ1n) is 4.74. The van der Waals surface area contributed by atoms with E-state index in [4.69, 9.17) is 0 Å². The van der Waals surface area contributed by atoms with Crippen molar-refractivity contribution < 1.29 is 8.96 Å². The van der Waals surface area contributed by atoms with Crippen molar-refractivity contribution in [3.05, 3.63) is 29.8 Å². The molecule has 0 aliphatic rings. The lowest BCUT2D eigenvalue weighted by molar-refractivity contribution is 0.440. The van der Waals surface area contributed by atoms with E-state index in [9.17, 15) is 8.96 Å². The lowest BCUT2D eigenvalue weighted by Gasteiger charge is -2.08. The summed E-state index contributed by atoms with van der Waals surface area (Å²) in [6.07, 6.45) is 2.33. The van der Waals surface area contributed by atoms with Crippen LogP contribution in [0.25, 0.3) is 0 Å². The van der Waals surface area contributed by atoms with E-state index in [0.717, 1.165) is 5.69 Å². The molecule has 1 rings (SSSR count). The molecule has 0 bridgehead atoms. The lowest BCUT2D eigenvalue weighted by Crippen LogP contribution is -1.89. The largest absolute Gasteiger partial charge is 0.330 e. The average molecular weight is 247 g/mol. The van der Waals surface area contributed by atoms with Crippen molar-refractivity contribution in [1.29, 1.82) is 0 Å². The van der Waals surface area contributed by atoms with E-state index in [-0.39, 0.29) is 0 Å². The predicted molar refractivity (Wildman–Crippen MR) is 67.0 cm³/mol. The van der Waals surface area contributed by atoms with Crippen molar-refractivity contribution in [3.8, 4) is 0 Å². The maximum atomic E-state index is 13.6. The Kier molecular flexibility index (Phi) is 5.20. The molecule has 0 fully saturated rings. The summed E-state index contributed by atoms with van der Waals surface area (Å²) in [5.41, 5.74) is 1.43. The van der Waals surface area contributed by atoms with E-state index in [2.05, 4.69) is 4.72 Å². The fraction of sp³-hybridized carbons (Fsp3) is 0.400. The van der Waals surface area contributed by atoms with Crippen LogP contribution >= 0.6 is 19.7 Å². The summed E-state index contributed by atoms with van der Waals surface area (Å²) in [7, 11) is -2.13. The van der Waals surface area contributed by atoms with Crippen molar-refractivity contribution in [1.82, 2.24) is 0 Å². The van der Waals surface area contributed by atoms with Gasteiger partial charge in [0.1, 0.15) is 7.80 Å². The highest BCUT2D eigenvalue weighted by Crippen LogP contribution is 2.41. The number of nitrogens with one attached hydrogen (secondary N) is 1. The van der Waals surface area contributed by atoms with E-state index >= 15 is 0 Å². The molecule has 2 nitrogen and oxygen atoms in total. The maximum absolute atomic E-state index is 13.6. The van der Waals surface area contributed by atoms with Gasteiger partial charge in [-0.2, -0.15) is 0 Å². The fourth-order valence-corrected chi connectivity index (χ4v) is 2.50. The minimum absolute atomic E-state index is 0.413. The molecular formula is C10H15FNOPS. The molecule has 0 aromatic heterocycles. The Balaban J connectivity index is 2.75. The summed E-state index contributed by atoms with van der Waals surface area (Å²) in [4.78, 5) is 0. The standard InChI is InChI=1S/C10H15FNOPS/c1-3-14(13)10(11)8-4-6-9(7-5-8)12-15-2/h4-7,10,12,14H,3H2,1-2H3. The van der Waals surface area contributed by atoms with Gasteiger partial charge >= 0.3 is 0 Å². The van der Waals surface area contributed by atoms with Crippen LogP contribution in [-0.4, -0.2) is 12.4 Å². The van der Waals surface area contributed by atoms with Crippen LogP contribution < -0.4 is 4.72 Å². The van der Waals surface area contributed by atoms with E-state index in [0.29, 0.717) is 11.7 Å². The molecule has 5 heteroatoms. The van der Waals surface area contributed by atoms with E-state index in [1.165, 1.54) is 11.9 Å². The number of halogens is 1. The Morgan fingerprint density at radius 1 is 1.47 bits per heavy atom. The number of benzene rings is 1. The third kappa shape index (κ3) is 3.54. The molecule has 1 aromatic rings. The highest BCUT2D eigenvalue weighted by molar-refractivity contribution is 7.99. The van der Waals surface area contributed by atoms with Gasteiger partial charge in [0.05, 0.1) is 0 Å². The van der Waals surface area contributed by atoms with Crippen LogP contribution in [0.1, 0.15) is 18.4 Å². The topological polar surface area (TPSA) is 29.1 Å². The molecule has 2 atom stereocenters. The zero-order valence-electron chi connectivity index (χ0n) is 8.79. The molecule has 1 aromatic carbocycles. The second kappa shape index (κ2) is 6.19. The minimum Gasteiger partial charge on any atom is -0.330 e. The second-order valence-electron chi connectivity index (χ2n) is 3.11. The van der Waals surface area contributed by atoms with Crippen LogP contribution in [0.2, 0.25) is 0 Å². The minimum atomic E-state index is -2.13. The van der Waals surface area contributed by atoms with Gasteiger partial charge in [0, 0.05) is 11.9 Å². The van der Waals surface area contributed by atoms with Crippen molar-refractivity contribution in [3.63, 3.8) is 0 Å². The predicted octanol–water partition coefficient (Wildman–Crippen LogP) is 3.92. The quantitative estimate of drug-likeness (QED) is 0.631. The summed E-state index contributed by atoms with van der Waals surface area (Å²) < 4.78 is 27.9. The zero-order valence-corrected chi connectivity index (χ0v) is 10.6. The van der Waals surface area contributed by atoms with E-state index in [1.54, 1.807) is 31.2 Å². The number of alkyl halides is 1. The highest BCUT2D eigenvalue weighted by atomic mass is 32.2. The van der Waals surface area contributed by atoms with Gasteiger partial charge in [0.2, 0.25) is 0 Å². The van der Waals surface area contributed by atoms with Crippen LogP contribution in [0, 0.1) is 0 Å². The van der Waals surface area contributed by atoms with Gasteiger partial charge in [-0.1, -0.05) is 31.0 Å². The summed E-state index contributed by atoms with van der Waals surface area (Å²) >= 11 is 1.48. The Morgan fingerprint density at radius 3 is 2.53 bits per heavy atom. The first-order chi connectivity index (χ1) is 7.19. The van der Waals surface area contributed by atoms with Crippen molar-refractivity contribution in [2.24, 2.45) is 0 Å². The molecule has 0 spiro atoms. The number of hydrogen-bond acceptors (Lipinski definition) is 3. The third-order valence-corrected chi connectivity index (χ3v) is 4.09. The van der Waals surface area contributed by atoms with Crippen molar-refractivity contribution in [2.75, 3.05) is 17.1 Å². The summed E-state index contributed by atoms with van der Waals surface area (Å²) in [6.45, 7) is 1.75. The van der Waals surface area contributed by atoms with Gasteiger partial charge in [-0.15, -0.1) is 0 Å². The fourth-order valence-electron chi connectivity index (χ4n) is 1.20. The molecule has 15 heavy (non-hydrogen) atoms. The molecule has 84 valence electrons. The van der Waals surface area contributed by atoms with Gasteiger partial charge in [0.15, 0.2) is 5.91 Å². The molecule has 0 saturated carbocycles.